The molecule has 1 aromatic heterocycles. The number of anilines is 1. The van der Waals surface area contributed by atoms with Gasteiger partial charge in [-0.2, -0.15) is 0 Å². The molecule has 0 fully saturated rings. The number of nitrogens with one attached hydrogen (secondary N) is 1. The quantitative estimate of drug-likeness (QED) is 0.457. The highest BCUT2D eigenvalue weighted by molar-refractivity contribution is 7.98. The van der Waals surface area contributed by atoms with Gasteiger partial charge in [0.05, 0.1) is 11.1 Å². The molecule has 1 aliphatic heterocycles. The average molecular weight is 418 g/mol. The molecule has 2 heterocycles. The topological polar surface area (TPSA) is 73.6 Å². The van der Waals surface area contributed by atoms with Crippen molar-refractivity contribution in [2.75, 3.05) is 24.8 Å². The number of amides is 1. The minimum Gasteiger partial charge on any atom is -0.486 e. The minimum atomic E-state index is -0.218. The first-order valence-electron chi connectivity index (χ1n) is 9.47. The third-order valence-electron chi connectivity index (χ3n) is 4.89. The van der Waals surface area contributed by atoms with E-state index in [1.54, 1.807) is 18.2 Å². The first kappa shape index (κ1) is 18.6. The van der Waals surface area contributed by atoms with E-state index in [0.29, 0.717) is 47.2 Å². The van der Waals surface area contributed by atoms with Crippen LogP contribution in [0.4, 0.5) is 5.69 Å². The van der Waals surface area contributed by atoms with Crippen molar-refractivity contribution in [2.45, 2.75) is 4.90 Å². The number of rotatable bonds is 4. The third-order valence-corrected chi connectivity index (χ3v) is 5.66. The van der Waals surface area contributed by atoms with Gasteiger partial charge in [-0.05, 0) is 30.5 Å². The summed E-state index contributed by atoms with van der Waals surface area (Å²) in [5.41, 5.74) is 2.82. The van der Waals surface area contributed by atoms with Gasteiger partial charge in [-0.15, -0.1) is 11.8 Å². The van der Waals surface area contributed by atoms with Crippen LogP contribution in [0.25, 0.3) is 22.2 Å². The molecule has 6 nitrogen and oxygen atoms in total. The molecule has 0 unspecified atom stereocenters. The summed E-state index contributed by atoms with van der Waals surface area (Å²) in [4.78, 5) is 13.9. The van der Waals surface area contributed by atoms with Crippen LogP contribution in [0, 0.1) is 0 Å². The molecule has 0 bridgehead atoms. The number of nitrogens with zero attached hydrogens (tertiary/aromatic N) is 1. The zero-order chi connectivity index (χ0) is 20.5. The molecule has 0 atom stereocenters. The van der Waals surface area contributed by atoms with Gasteiger partial charge in [0.2, 0.25) is 0 Å². The second-order valence-electron chi connectivity index (χ2n) is 6.76. The maximum atomic E-state index is 13.0. The Balaban J connectivity index is 1.48. The first-order valence-corrected chi connectivity index (χ1v) is 10.7. The van der Waals surface area contributed by atoms with Crippen molar-refractivity contribution in [1.29, 1.82) is 0 Å². The third kappa shape index (κ3) is 3.37. The number of carbonyl (C=O) groups excluding carboxylic acids is 1. The molecule has 5 rings (SSSR count). The summed E-state index contributed by atoms with van der Waals surface area (Å²) in [6.45, 7) is 1.01. The normalized spacial score (nSPS) is 12.7. The number of thioether (sulfide) groups is 1. The Morgan fingerprint density at radius 3 is 2.53 bits per heavy atom. The Hall–Kier alpha value is -3.45. The number of fused-ring (bicyclic) bond motifs is 2. The molecule has 150 valence electrons. The molecule has 0 spiro atoms. The SMILES string of the molecule is CSc1cc2c(cc1NC(=O)c1ccc3noc(-c4ccccc4)c3c1)OCCO2. The molecule has 7 heteroatoms. The first-order chi connectivity index (χ1) is 14.7. The van der Waals surface area contributed by atoms with Crippen molar-refractivity contribution < 1.29 is 18.8 Å². The standard InChI is InChI=1S/C23H18N2O4S/c1-30-21-13-20-19(27-9-10-28-20)12-18(21)24-23(26)15-7-8-17-16(11-15)22(29-25-17)14-5-3-2-4-6-14/h2-8,11-13H,9-10H2,1H3,(H,24,26). The second kappa shape index (κ2) is 7.76. The van der Waals surface area contributed by atoms with Crippen molar-refractivity contribution >= 4 is 34.3 Å². The van der Waals surface area contributed by atoms with Crippen LogP contribution in [0.15, 0.2) is 70.1 Å². The lowest BCUT2D eigenvalue weighted by Gasteiger charge is -2.21. The summed E-state index contributed by atoms with van der Waals surface area (Å²) in [7, 11) is 0. The zero-order valence-electron chi connectivity index (χ0n) is 16.2. The predicted molar refractivity (Wildman–Crippen MR) is 117 cm³/mol. The molecule has 0 saturated heterocycles. The highest BCUT2D eigenvalue weighted by Gasteiger charge is 2.19. The monoisotopic (exact) mass is 418 g/mol. The van der Waals surface area contributed by atoms with E-state index in [0.717, 1.165) is 15.8 Å². The largest absolute Gasteiger partial charge is 0.486 e. The molecular formula is C23H18N2O4S. The fraction of sp³-hybridized carbons (Fsp3) is 0.130. The van der Waals surface area contributed by atoms with Crippen LogP contribution in [-0.2, 0) is 0 Å². The van der Waals surface area contributed by atoms with Gasteiger partial charge in [-0.3, -0.25) is 4.79 Å². The smallest absolute Gasteiger partial charge is 0.255 e. The summed E-state index contributed by atoms with van der Waals surface area (Å²) in [5.74, 6) is 1.76. The lowest BCUT2D eigenvalue weighted by atomic mass is 10.1. The fourth-order valence-corrected chi connectivity index (χ4v) is 3.97. The molecule has 0 saturated carbocycles. The van der Waals surface area contributed by atoms with Gasteiger partial charge in [0, 0.05) is 22.1 Å². The minimum absolute atomic E-state index is 0.218. The number of hydrogen-bond acceptors (Lipinski definition) is 6. The zero-order valence-corrected chi connectivity index (χ0v) is 17.0. The van der Waals surface area contributed by atoms with Crippen molar-refractivity contribution in [1.82, 2.24) is 5.16 Å². The molecule has 30 heavy (non-hydrogen) atoms. The van der Waals surface area contributed by atoms with E-state index in [2.05, 4.69) is 10.5 Å². The number of benzene rings is 3. The van der Waals surface area contributed by atoms with Crippen molar-refractivity contribution in [3.63, 3.8) is 0 Å². The van der Waals surface area contributed by atoms with E-state index in [-0.39, 0.29) is 5.91 Å². The molecule has 0 aliphatic carbocycles. The highest BCUT2D eigenvalue weighted by Crippen LogP contribution is 2.39. The molecule has 1 N–H and O–H groups in total. The van der Waals surface area contributed by atoms with E-state index in [4.69, 9.17) is 14.0 Å². The summed E-state index contributed by atoms with van der Waals surface area (Å²) >= 11 is 1.53. The maximum Gasteiger partial charge on any atom is 0.255 e. The van der Waals surface area contributed by atoms with E-state index >= 15 is 0 Å². The van der Waals surface area contributed by atoms with Crippen LogP contribution in [0.2, 0.25) is 0 Å². The highest BCUT2D eigenvalue weighted by atomic mass is 32.2. The van der Waals surface area contributed by atoms with Crippen LogP contribution in [-0.4, -0.2) is 30.5 Å². The van der Waals surface area contributed by atoms with Crippen LogP contribution in [0.1, 0.15) is 10.4 Å². The summed E-state index contributed by atoms with van der Waals surface area (Å²) in [6, 6.07) is 18.8. The summed E-state index contributed by atoms with van der Waals surface area (Å²) in [6.07, 6.45) is 1.95. The number of hydrogen-bond donors (Lipinski definition) is 1. The van der Waals surface area contributed by atoms with E-state index in [1.807, 2.05) is 48.7 Å². The lowest BCUT2D eigenvalue weighted by Crippen LogP contribution is -2.17. The number of carbonyl (C=O) groups is 1. The Morgan fingerprint density at radius 1 is 1.00 bits per heavy atom. The van der Waals surface area contributed by atoms with Crippen LogP contribution in [0.3, 0.4) is 0 Å². The van der Waals surface area contributed by atoms with Crippen molar-refractivity contribution in [3.05, 3.63) is 66.2 Å². The van der Waals surface area contributed by atoms with Gasteiger partial charge < -0.3 is 19.3 Å². The Kier molecular flexibility index (Phi) is 4.80. The molecular weight excluding hydrogens is 400 g/mol. The van der Waals surface area contributed by atoms with Gasteiger partial charge in [0.15, 0.2) is 17.3 Å². The lowest BCUT2D eigenvalue weighted by molar-refractivity contribution is 0.102. The van der Waals surface area contributed by atoms with Gasteiger partial charge in [-0.1, -0.05) is 35.5 Å². The summed E-state index contributed by atoms with van der Waals surface area (Å²) in [5, 5.41) is 7.90. The van der Waals surface area contributed by atoms with Crippen molar-refractivity contribution in [2.24, 2.45) is 0 Å². The molecule has 3 aromatic carbocycles. The Labute approximate surface area is 177 Å². The Morgan fingerprint density at radius 2 is 1.77 bits per heavy atom. The average Bonchev–Trinajstić information content (AvgIpc) is 3.22. The van der Waals surface area contributed by atoms with Gasteiger partial charge >= 0.3 is 0 Å². The van der Waals surface area contributed by atoms with Crippen LogP contribution < -0.4 is 14.8 Å². The fourth-order valence-electron chi connectivity index (χ4n) is 3.41. The summed E-state index contributed by atoms with van der Waals surface area (Å²) < 4.78 is 16.8. The number of ether oxygens (including phenoxy) is 2. The number of aromatic nitrogens is 1. The van der Waals surface area contributed by atoms with E-state index in [9.17, 15) is 4.79 Å². The van der Waals surface area contributed by atoms with E-state index < -0.39 is 0 Å². The second-order valence-corrected chi connectivity index (χ2v) is 7.61. The molecule has 1 aliphatic rings. The maximum absolute atomic E-state index is 13.0. The van der Waals surface area contributed by atoms with Crippen molar-refractivity contribution in [3.8, 4) is 22.8 Å². The predicted octanol–water partition coefficient (Wildman–Crippen LogP) is 5.24. The molecule has 1 amide bonds. The van der Waals surface area contributed by atoms with Gasteiger partial charge in [0.25, 0.3) is 5.91 Å². The van der Waals surface area contributed by atoms with Gasteiger partial charge in [-0.25, -0.2) is 0 Å². The molecule has 4 aromatic rings. The Bertz CT molecular complexity index is 1240. The van der Waals surface area contributed by atoms with Crippen LogP contribution in [0.5, 0.6) is 11.5 Å². The van der Waals surface area contributed by atoms with Crippen LogP contribution >= 0.6 is 11.8 Å². The van der Waals surface area contributed by atoms with Gasteiger partial charge in [0.1, 0.15) is 18.7 Å². The van der Waals surface area contributed by atoms with E-state index in [1.165, 1.54) is 11.8 Å². The molecule has 0 radical (unpaired) electrons.